The van der Waals surface area contributed by atoms with Crippen LogP contribution in [0.2, 0.25) is 5.02 Å². The molecule has 1 saturated heterocycles. The predicted molar refractivity (Wildman–Crippen MR) is 81.0 cm³/mol. The number of nitrogens with one attached hydrogen (secondary N) is 1. The van der Waals surface area contributed by atoms with Gasteiger partial charge in [0.1, 0.15) is 0 Å². The second-order valence-electron chi connectivity index (χ2n) is 4.42. The van der Waals surface area contributed by atoms with Gasteiger partial charge in [0.2, 0.25) is 5.84 Å². The van der Waals surface area contributed by atoms with Crippen molar-refractivity contribution in [3.8, 4) is 0 Å². The molecule has 1 N–H and O–H groups in total. The van der Waals surface area contributed by atoms with E-state index in [0.717, 1.165) is 9.80 Å². The minimum atomic E-state index is -0.652. The summed E-state index contributed by atoms with van der Waals surface area (Å²) >= 11 is 5.81. The quantitative estimate of drug-likeness (QED) is 0.865. The lowest BCUT2D eigenvalue weighted by atomic mass is 10.3. The number of amidine groups is 1. The van der Waals surface area contributed by atoms with E-state index in [4.69, 9.17) is 17.0 Å². The second kappa shape index (κ2) is 5.03. The molecule has 2 aromatic carbocycles. The van der Waals surface area contributed by atoms with Gasteiger partial charge in [-0.3, -0.25) is 10.2 Å². The van der Waals surface area contributed by atoms with Crippen LogP contribution in [0.1, 0.15) is 0 Å². The van der Waals surface area contributed by atoms with Crippen molar-refractivity contribution >= 4 is 40.7 Å². The van der Waals surface area contributed by atoms with Crippen molar-refractivity contribution in [2.75, 3.05) is 9.80 Å². The van der Waals surface area contributed by atoms with Gasteiger partial charge in [0.15, 0.2) is 0 Å². The summed E-state index contributed by atoms with van der Waals surface area (Å²) in [5, 5.41) is 8.41. The molecule has 0 saturated carbocycles. The number of hydrogen-bond acceptors (Lipinski definition) is 3. The van der Waals surface area contributed by atoms with Crippen LogP contribution in [0, 0.1) is 5.41 Å². The molecule has 5 nitrogen and oxygen atoms in total. The van der Waals surface area contributed by atoms with E-state index in [0.29, 0.717) is 16.4 Å². The zero-order chi connectivity index (χ0) is 15.0. The topological polar surface area (TPSA) is 64.5 Å². The van der Waals surface area contributed by atoms with E-state index in [1.807, 2.05) is 0 Å². The number of carbonyl (C=O) groups excluding carboxylic acids is 2. The van der Waals surface area contributed by atoms with Crippen LogP contribution in [-0.4, -0.2) is 17.8 Å². The SMILES string of the molecule is N=C1C(=O)N(c2ccccc2)C(=O)N1c1ccc(Cl)cc1. The first-order chi connectivity index (χ1) is 10.1. The second-order valence-corrected chi connectivity index (χ2v) is 4.86. The van der Waals surface area contributed by atoms with Gasteiger partial charge in [0.05, 0.1) is 11.4 Å². The fourth-order valence-electron chi connectivity index (χ4n) is 2.12. The third kappa shape index (κ3) is 2.17. The molecule has 0 aromatic heterocycles. The Morgan fingerprint density at radius 1 is 0.810 bits per heavy atom. The smallest absolute Gasteiger partial charge is 0.279 e. The Kier molecular flexibility index (Phi) is 3.19. The average Bonchev–Trinajstić information content (AvgIpc) is 2.72. The molecule has 0 spiro atoms. The van der Waals surface area contributed by atoms with Gasteiger partial charge in [-0.15, -0.1) is 0 Å². The number of hydrogen-bond donors (Lipinski definition) is 1. The van der Waals surface area contributed by atoms with E-state index in [2.05, 4.69) is 0 Å². The number of rotatable bonds is 2. The third-order valence-electron chi connectivity index (χ3n) is 3.11. The number of imide groups is 1. The summed E-state index contributed by atoms with van der Waals surface area (Å²) in [6.07, 6.45) is 0. The van der Waals surface area contributed by atoms with Crippen molar-refractivity contribution in [3.63, 3.8) is 0 Å². The standard InChI is InChI=1S/C15H10ClN3O2/c16-10-6-8-12(9-7-10)18-13(17)14(20)19(15(18)21)11-4-2-1-3-5-11/h1-9,17H. The minimum Gasteiger partial charge on any atom is -0.279 e. The summed E-state index contributed by atoms with van der Waals surface area (Å²) in [7, 11) is 0. The van der Waals surface area contributed by atoms with E-state index >= 15 is 0 Å². The van der Waals surface area contributed by atoms with Crippen molar-refractivity contribution < 1.29 is 9.59 Å². The maximum atomic E-state index is 12.5. The van der Waals surface area contributed by atoms with Gasteiger partial charge in [0.25, 0.3) is 0 Å². The lowest BCUT2D eigenvalue weighted by Crippen LogP contribution is -2.33. The normalized spacial score (nSPS) is 15.0. The van der Waals surface area contributed by atoms with Gasteiger partial charge >= 0.3 is 11.9 Å². The van der Waals surface area contributed by atoms with Crippen LogP contribution in [0.4, 0.5) is 16.2 Å². The Bertz CT molecular complexity index is 728. The molecule has 21 heavy (non-hydrogen) atoms. The molecule has 1 fully saturated rings. The van der Waals surface area contributed by atoms with Crippen molar-refractivity contribution in [3.05, 3.63) is 59.6 Å². The molecule has 0 atom stereocenters. The Morgan fingerprint density at radius 2 is 1.38 bits per heavy atom. The average molecular weight is 300 g/mol. The van der Waals surface area contributed by atoms with E-state index in [1.54, 1.807) is 54.6 Å². The number of nitrogens with zero attached hydrogens (tertiary/aromatic N) is 2. The summed E-state index contributed by atoms with van der Waals surface area (Å²) < 4.78 is 0. The highest BCUT2D eigenvalue weighted by molar-refractivity contribution is 6.61. The highest BCUT2D eigenvalue weighted by atomic mass is 35.5. The molecule has 1 aliphatic heterocycles. The molecule has 0 bridgehead atoms. The van der Waals surface area contributed by atoms with Crippen LogP contribution in [0.25, 0.3) is 0 Å². The number of carbonyl (C=O) groups is 2. The fourth-order valence-corrected chi connectivity index (χ4v) is 2.24. The summed E-state index contributed by atoms with van der Waals surface area (Å²) in [6.45, 7) is 0. The fraction of sp³-hybridized carbons (Fsp3) is 0. The number of urea groups is 1. The van der Waals surface area contributed by atoms with Crippen molar-refractivity contribution in [2.45, 2.75) is 0 Å². The van der Waals surface area contributed by atoms with Crippen molar-refractivity contribution in [1.29, 1.82) is 5.41 Å². The highest BCUT2D eigenvalue weighted by Gasteiger charge is 2.43. The monoisotopic (exact) mass is 299 g/mol. The minimum absolute atomic E-state index is 0.383. The molecule has 6 heteroatoms. The summed E-state index contributed by atoms with van der Waals surface area (Å²) in [4.78, 5) is 26.7. The van der Waals surface area contributed by atoms with E-state index in [9.17, 15) is 9.59 Å². The van der Waals surface area contributed by atoms with E-state index in [-0.39, 0.29) is 5.84 Å². The van der Waals surface area contributed by atoms with Gasteiger partial charge in [-0.2, -0.15) is 0 Å². The lowest BCUT2D eigenvalue weighted by Gasteiger charge is -2.16. The van der Waals surface area contributed by atoms with Crippen LogP contribution in [0.5, 0.6) is 0 Å². The number of para-hydroxylation sites is 1. The molecule has 0 radical (unpaired) electrons. The molecule has 2 aromatic rings. The van der Waals surface area contributed by atoms with Gasteiger partial charge < -0.3 is 0 Å². The Balaban J connectivity index is 2.02. The summed E-state index contributed by atoms with van der Waals surface area (Å²) in [5.41, 5.74) is 0.870. The number of anilines is 2. The third-order valence-corrected chi connectivity index (χ3v) is 3.36. The van der Waals surface area contributed by atoms with Gasteiger partial charge in [-0.1, -0.05) is 29.8 Å². The molecule has 0 unspecified atom stereocenters. The Morgan fingerprint density at radius 3 is 2.00 bits per heavy atom. The van der Waals surface area contributed by atoms with Crippen LogP contribution >= 0.6 is 11.6 Å². The zero-order valence-electron chi connectivity index (χ0n) is 10.8. The molecule has 104 valence electrons. The molecule has 0 aliphatic carbocycles. The van der Waals surface area contributed by atoms with Gasteiger partial charge in [-0.05, 0) is 36.4 Å². The largest absolute Gasteiger partial charge is 0.342 e. The zero-order valence-corrected chi connectivity index (χ0v) is 11.5. The summed E-state index contributed by atoms with van der Waals surface area (Å²) in [5.74, 6) is -1.03. The van der Waals surface area contributed by atoms with E-state index < -0.39 is 11.9 Å². The van der Waals surface area contributed by atoms with Crippen LogP contribution in [-0.2, 0) is 4.79 Å². The van der Waals surface area contributed by atoms with Crippen LogP contribution in [0.3, 0.4) is 0 Å². The number of benzene rings is 2. The Labute approximate surface area is 125 Å². The molecular weight excluding hydrogens is 290 g/mol. The van der Waals surface area contributed by atoms with Crippen LogP contribution in [0.15, 0.2) is 54.6 Å². The molecule has 3 rings (SSSR count). The molecular formula is C15H10ClN3O2. The first kappa shape index (κ1) is 13.3. The number of amides is 3. The first-order valence-electron chi connectivity index (χ1n) is 6.17. The maximum Gasteiger partial charge on any atom is 0.342 e. The van der Waals surface area contributed by atoms with Crippen molar-refractivity contribution in [2.24, 2.45) is 0 Å². The van der Waals surface area contributed by atoms with Crippen molar-refractivity contribution in [1.82, 2.24) is 0 Å². The Hall–Kier alpha value is -2.66. The maximum absolute atomic E-state index is 12.5. The molecule has 1 aliphatic rings. The number of halogens is 1. The van der Waals surface area contributed by atoms with E-state index in [1.165, 1.54) is 0 Å². The van der Waals surface area contributed by atoms with Crippen LogP contribution < -0.4 is 9.80 Å². The highest BCUT2D eigenvalue weighted by Crippen LogP contribution is 2.27. The summed E-state index contributed by atoms with van der Waals surface area (Å²) in [6, 6.07) is 14.4. The van der Waals surface area contributed by atoms with Gasteiger partial charge in [-0.25, -0.2) is 14.6 Å². The first-order valence-corrected chi connectivity index (χ1v) is 6.55. The predicted octanol–water partition coefficient (Wildman–Crippen LogP) is 3.29. The molecule has 3 amide bonds. The molecule has 1 heterocycles. The lowest BCUT2D eigenvalue weighted by molar-refractivity contribution is -0.111. The van der Waals surface area contributed by atoms with Gasteiger partial charge in [0, 0.05) is 5.02 Å².